The number of hydrogen-bond acceptors (Lipinski definition) is 1. The molecule has 12 aromatic rings. The third-order valence-corrected chi connectivity index (χ3v) is 14.1. The molecule has 1 aromatic heterocycles. The number of fused-ring (bicyclic) bond motifs is 7. The van der Waals surface area contributed by atoms with E-state index in [9.17, 15) is 0 Å². The molecule has 0 radical (unpaired) electrons. The van der Waals surface area contributed by atoms with Crippen LogP contribution in [0.3, 0.4) is 0 Å². The van der Waals surface area contributed by atoms with Crippen LogP contribution in [0.4, 0.5) is 17.1 Å². The van der Waals surface area contributed by atoms with Gasteiger partial charge in [0.15, 0.2) is 0 Å². The Hall–Kier alpha value is -8.72. The normalized spacial score (nSPS) is 12.6. The van der Waals surface area contributed by atoms with Crippen LogP contribution in [0.5, 0.6) is 0 Å². The summed E-state index contributed by atoms with van der Waals surface area (Å²) in [5.74, 6) is 0. The molecule has 0 bridgehead atoms. The van der Waals surface area contributed by atoms with Gasteiger partial charge in [0.1, 0.15) is 0 Å². The van der Waals surface area contributed by atoms with E-state index in [2.05, 4.69) is 276 Å². The topological polar surface area (TPSA) is 8.17 Å². The van der Waals surface area contributed by atoms with Crippen molar-refractivity contribution in [2.24, 2.45) is 0 Å². The van der Waals surface area contributed by atoms with E-state index in [1.54, 1.807) is 0 Å². The Morgan fingerprint density at radius 3 is 1.64 bits per heavy atom. The molecule has 0 amide bonds. The zero-order chi connectivity index (χ0) is 44.3. The van der Waals surface area contributed by atoms with Crippen molar-refractivity contribution in [2.75, 3.05) is 4.90 Å². The third-order valence-electron chi connectivity index (χ3n) is 14.1. The average molecular weight is 853 g/mol. The van der Waals surface area contributed by atoms with Gasteiger partial charge in [-0.2, -0.15) is 0 Å². The van der Waals surface area contributed by atoms with Crippen molar-refractivity contribution in [2.45, 2.75) is 5.41 Å². The monoisotopic (exact) mass is 852 g/mol. The van der Waals surface area contributed by atoms with E-state index in [-0.39, 0.29) is 0 Å². The first-order chi connectivity index (χ1) is 33.3. The zero-order valence-electron chi connectivity index (χ0n) is 36.8. The van der Waals surface area contributed by atoms with Crippen LogP contribution in [-0.4, -0.2) is 4.57 Å². The lowest BCUT2D eigenvalue weighted by Gasteiger charge is -2.34. The van der Waals surface area contributed by atoms with Gasteiger partial charge in [0.05, 0.1) is 27.8 Å². The van der Waals surface area contributed by atoms with Crippen LogP contribution in [0.2, 0.25) is 0 Å². The highest BCUT2D eigenvalue weighted by Gasteiger charge is 2.46. The van der Waals surface area contributed by atoms with Gasteiger partial charge < -0.3 is 9.47 Å². The molecule has 0 aliphatic heterocycles. The Morgan fingerprint density at radius 1 is 0.313 bits per heavy atom. The molecule has 0 saturated heterocycles. The maximum absolute atomic E-state index is 2.49. The maximum atomic E-state index is 2.49. The number of nitrogens with zero attached hydrogens (tertiary/aromatic N) is 2. The Balaban J connectivity index is 1.02. The second kappa shape index (κ2) is 15.8. The van der Waals surface area contributed by atoms with Crippen molar-refractivity contribution in [1.29, 1.82) is 0 Å². The lowest BCUT2D eigenvalue weighted by Crippen LogP contribution is -2.28. The van der Waals surface area contributed by atoms with Crippen LogP contribution in [0.1, 0.15) is 22.3 Å². The molecule has 0 atom stereocenters. The minimum atomic E-state index is -0.500. The van der Waals surface area contributed by atoms with E-state index in [1.165, 1.54) is 77.1 Å². The van der Waals surface area contributed by atoms with Crippen LogP contribution >= 0.6 is 0 Å². The van der Waals surface area contributed by atoms with Crippen molar-refractivity contribution in [3.8, 4) is 39.1 Å². The standard InChI is InChI=1S/C65H44N2/c1-4-23-47(24-5-1)65(48-25-6-2-7-26-48)59-35-17-14-32-54(59)55-42-40-50(44-60(55)65)67-63-37-19-16-34-57(63)58-41-39-46(43-64(58)67)51-29-12-13-31-53(51)56-33-15-18-36-62(56)66(49-27-8-3-9-28-49)61-38-20-22-45-21-10-11-30-52(45)61/h1-44H. The van der Waals surface area contributed by atoms with Crippen molar-refractivity contribution in [1.82, 2.24) is 4.57 Å². The SMILES string of the molecule is c1ccc(N(c2ccccc2-c2ccccc2-c2ccc3c4ccccc4n(-c4ccc5c(c4)C(c4ccccc4)(c4ccccc4)c4ccccc4-5)c3c2)c2cccc3ccccc23)cc1. The largest absolute Gasteiger partial charge is 0.309 e. The number of anilines is 3. The van der Waals surface area contributed by atoms with Gasteiger partial charge >= 0.3 is 0 Å². The second-order valence-electron chi connectivity index (χ2n) is 17.6. The summed E-state index contributed by atoms with van der Waals surface area (Å²) >= 11 is 0. The van der Waals surface area contributed by atoms with Gasteiger partial charge in [-0.25, -0.2) is 0 Å². The quantitative estimate of drug-likeness (QED) is 0.148. The fourth-order valence-electron chi connectivity index (χ4n) is 11.2. The van der Waals surface area contributed by atoms with Crippen LogP contribution in [0.25, 0.3) is 71.6 Å². The molecular formula is C65H44N2. The number of benzene rings is 11. The number of hydrogen-bond donors (Lipinski definition) is 0. The molecule has 314 valence electrons. The fraction of sp³-hybridized carbons (Fsp3) is 0.0154. The highest BCUT2D eigenvalue weighted by Crippen LogP contribution is 2.57. The Labute approximate surface area is 390 Å². The van der Waals surface area contributed by atoms with Crippen LogP contribution in [-0.2, 0) is 5.41 Å². The predicted octanol–water partition coefficient (Wildman–Crippen LogP) is 17.1. The first-order valence-electron chi connectivity index (χ1n) is 23.2. The molecular weight excluding hydrogens is 809 g/mol. The molecule has 1 aliphatic rings. The summed E-state index contributed by atoms with van der Waals surface area (Å²) in [6, 6.07) is 98.1. The van der Waals surface area contributed by atoms with E-state index in [0.29, 0.717) is 0 Å². The summed E-state index contributed by atoms with van der Waals surface area (Å²) in [4.78, 5) is 2.42. The van der Waals surface area contributed by atoms with E-state index in [0.717, 1.165) is 33.9 Å². The van der Waals surface area contributed by atoms with E-state index in [1.807, 2.05) is 0 Å². The highest BCUT2D eigenvalue weighted by atomic mass is 15.1. The zero-order valence-corrected chi connectivity index (χ0v) is 36.8. The molecule has 2 heteroatoms. The van der Waals surface area contributed by atoms with Crippen molar-refractivity contribution < 1.29 is 0 Å². The first-order valence-corrected chi connectivity index (χ1v) is 23.2. The molecule has 0 fully saturated rings. The average Bonchev–Trinajstić information content (AvgIpc) is 3.90. The van der Waals surface area contributed by atoms with Crippen LogP contribution in [0.15, 0.2) is 267 Å². The third kappa shape index (κ3) is 6.04. The summed E-state index contributed by atoms with van der Waals surface area (Å²) in [7, 11) is 0. The van der Waals surface area contributed by atoms with Crippen molar-refractivity contribution in [3.05, 3.63) is 289 Å². The van der Waals surface area contributed by atoms with Gasteiger partial charge in [-0.1, -0.05) is 218 Å². The molecule has 67 heavy (non-hydrogen) atoms. The fourth-order valence-corrected chi connectivity index (χ4v) is 11.2. The van der Waals surface area contributed by atoms with E-state index >= 15 is 0 Å². The minimum absolute atomic E-state index is 0.500. The number of para-hydroxylation sites is 3. The van der Waals surface area contributed by atoms with Gasteiger partial charge in [0, 0.05) is 33.1 Å². The Morgan fingerprint density at radius 2 is 0.866 bits per heavy atom. The Bertz CT molecular complexity index is 3770. The van der Waals surface area contributed by atoms with E-state index < -0.39 is 5.41 Å². The van der Waals surface area contributed by atoms with Crippen molar-refractivity contribution in [3.63, 3.8) is 0 Å². The van der Waals surface area contributed by atoms with Crippen LogP contribution in [0, 0.1) is 0 Å². The summed E-state index contributed by atoms with van der Waals surface area (Å²) in [5.41, 5.74) is 18.7. The summed E-state index contributed by atoms with van der Waals surface area (Å²) in [6.07, 6.45) is 0. The minimum Gasteiger partial charge on any atom is -0.309 e. The van der Waals surface area contributed by atoms with E-state index in [4.69, 9.17) is 0 Å². The number of aromatic nitrogens is 1. The molecule has 1 aliphatic carbocycles. The van der Waals surface area contributed by atoms with Gasteiger partial charge in [0.25, 0.3) is 0 Å². The lowest BCUT2D eigenvalue weighted by atomic mass is 9.67. The molecule has 13 rings (SSSR count). The number of rotatable bonds is 8. The highest BCUT2D eigenvalue weighted by molar-refractivity contribution is 6.11. The molecule has 11 aromatic carbocycles. The summed E-state index contributed by atoms with van der Waals surface area (Å²) < 4.78 is 2.49. The lowest BCUT2D eigenvalue weighted by molar-refractivity contribution is 0.767. The van der Waals surface area contributed by atoms with Gasteiger partial charge in [-0.3, -0.25) is 0 Å². The molecule has 0 spiro atoms. The predicted molar refractivity (Wildman–Crippen MR) is 281 cm³/mol. The summed E-state index contributed by atoms with van der Waals surface area (Å²) in [6.45, 7) is 0. The van der Waals surface area contributed by atoms with Crippen LogP contribution < -0.4 is 4.90 Å². The molecule has 2 nitrogen and oxygen atoms in total. The van der Waals surface area contributed by atoms with Gasteiger partial charge in [-0.15, -0.1) is 0 Å². The molecule has 1 heterocycles. The molecule has 0 N–H and O–H groups in total. The van der Waals surface area contributed by atoms with Gasteiger partial charge in [-0.05, 0) is 104 Å². The summed E-state index contributed by atoms with van der Waals surface area (Å²) in [5, 5.41) is 4.87. The van der Waals surface area contributed by atoms with Crippen molar-refractivity contribution >= 4 is 49.6 Å². The smallest absolute Gasteiger partial charge is 0.0714 e. The first kappa shape index (κ1) is 38.7. The Kier molecular flexibility index (Phi) is 9.11. The second-order valence-corrected chi connectivity index (χ2v) is 17.6. The van der Waals surface area contributed by atoms with Gasteiger partial charge in [0.2, 0.25) is 0 Å². The molecule has 0 unspecified atom stereocenters. The molecule has 0 saturated carbocycles. The maximum Gasteiger partial charge on any atom is 0.0714 e.